The molecule has 2 aliphatic heterocycles. The van der Waals surface area contributed by atoms with E-state index in [-0.39, 0.29) is 5.91 Å². The van der Waals surface area contributed by atoms with Crippen molar-refractivity contribution in [1.82, 2.24) is 14.9 Å². The first-order valence-corrected chi connectivity index (χ1v) is 11.4. The maximum absolute atomic E-state index is 12.7. The molecule has 28 heavy (non-hydrogen) atoms. The lowest BCUT2D eigenvalue weighted by Crippen LogP contribution is -2.35. The first-order valence-electron chi connectivity index (χ1n) is 9.99. The zero-order chi connectivity index (χ0) is 19.3. The number of carbonyl (C=O) groups is 1. The lowest BCUT2D eigenvalue weighted by atomic mass is 10.1. The highest BCUT2D eigenvalue weighted by atomic mass is 35.5. The second-order valence-electron chi connectivity index (χ2n) is 7.37. The second kappa shape index (κ2) is 9.14. The molecule has 1 aromatic heterocycles. The molecule has 148 valence electrons. The molecule has 0 radical (unpaired) electrons. The molecule has 0 unspecified atom stereocenters. The summed E-state index contributed by atoms with van der Waals surface area (Å²) in [6.45, 7) is 3.79. The third kappa shape index (κ3) is 4.78. The number of rotatable bonds is 5. The van der Waals surface area contributed by atoms with Gasteiger partial charge in [-0.2, -0.15) is 0 Å². The topological polar surface area (TPSA) is 49.3 Å². The predicted molar refractivity (Wildman–Crippen MR) is 114 cm³/mol. The lowest BCUT2D eigenvalue weighted by Gasteiger charge is -2.26. The van der Waals surface area contributed by atoms with E-state index >= 15 is 0 Å². The Morgan fingerprint density at radius 3 is 2.54 bits per heavy atom. The molecule has 5 nitrogen and oxygen atoms in total. The van der Waals surface area contributed by atoms with E-state index in [1.54, 1.807) is 11.8 Å². The molecule has 0 spiro atoms. The average Bonchev–Trinajstić information content (AvgIpc) is 3.27. The minimum atomic E-state index is 0.141. The van der Waals surface area contributed by atoms with Crippen LogP contribution in [0.15, 0.2) is 35.5 Å². The van der Waals surface area contributed by atoms with Crippen molar-refractivity contribution < 1.29 is 4.79 Å². The van der Waals surface area contributed by atoms with Crippen molar-refractivity contribution in [2.24, 2.45) is 0 Å². The summed E-state index contributed by atoms with van der Waals surface area (Å²) < 4.78 is 0. The van der Waals surface area contributed by atoms with E-state index in [0.29, 0.717) is 16.1 Å². The second-order valence-corrected chi connectivity index (χ2v) is 8.70. The number of benzene rings is 1. The molecule has 2 aliphatic rings. The van der Waals surface area contributed by atoms with Crippen LogP contribution in [-0.4, -0.2) is 47.0 Å². The Hall–Kier alpha value is -1.79. The maximum Gasteiger partial charge on any atom is 0.253 e. The summed E-state index contributed by atoms with van der Waals surface area (Å²) in [4.78, 5) is 26.0. The molecule has 2 aromatic rings. The van der Waals surface area contributed by atoms with Gasteiger partial charge in [-0.1, -0.05) is 35.5 Å². The van der Waals surface area contributed by atoms with Gasteiger partial charge in [-0.3, -0.25) is 4.79 Å². The molecule has 1 amide bonds. The van der Waals surface area contributed by atoms with E-state index in [1.165, 1.54) is 19.3 Å². The summed E-state index contributed by atoms with van der Waals surface area (Å²) in [7, 11) is 0. The molecule has 2 fully saturated rings. The minimum absolute atomic E-state index is 0.141. The highest BCUT2D eigenvalue weighted by Crippen LogP contribution is 2.26. The molecular formula is C21H25ClN4OS. The fraction of sp³-hybridized carbons (Fsp3) is 0.476. The minimum Gasteiger partial charge on any atom is -0.356 e. The summed E-state index contributed by atoms with van der Waals surface area (Å²) in [5.74, 6) is 1.76. The van der Waals surface area contributed by atoms with Crippen LogP contribution in [0.3, 0.4) is 0 Å². The van der Waals surface area contributed by atoms with E-state index in [1.807, 2.05) is 35.2 Å². The van der Waals surface area contributed by atoms with Crippen LogP contribution >= 0.6 is 23.4 Å². The summed E-state index contributed by atoms with van der Waals surface area (Å²) in [5, 5.41) is 1.16. The van der Waals surface area contributed by atoms with Crippen molar-refractivity contribution in [3.05, 3.63) is 46.6 Å². The normalized spacial score (nSPS) is 17.2. The number of nitrogens with zero attached hydrogens (tertiary/aromatic N) is 4. The van der Waals surface area contributed by atoms with Crippen LogP contribution in [-0.2, 0) is 5.75 Å². The molecule has 0 bridgehead atoms. The quantitative estimate of drug-likeness (QED) is 0.403. The summed E-state index contributed by atoms with van der Waals surface area (Å²) in [5.41, 5.74) is 1.86. The van der Waals surface area contributed by atoms with Crippen molar-refractivity contribution in [1.29, 1.82) is 0 Å². The zero-order valence-electron chi connectivity index (χ0n) is 15.9. The van der Waals surface area contributed by atoms with Gasteiger partial charge in [0, 0.05) is 43.6 Å². The molecule has 3 heterocycles. The number of hydrogen-bond donors (Lipinski definition) is 0. The van der Waals surface area contributed by atoms with Crippen LogP contribution in [0.4, 0.5) is 5.82 Å². The van der Waals surface area contributed by atoms with Crippen LogP contribution in [0.25, 0.3) is 0 Å². The molecule has 7 heteroatoms. The summed E-state index contributed by atoms with van der Waals surface area (Å²) in [6.07, 6.45) is 5.82. The van der Waals surface area contributed by atoms with E-state index in [9.17, 15) is 4.79 Å². The number of halogens is 1. The van der Waals surface area contributed by atoms with E-state index in [2.05, 4.69) is 14.9 Å². The smallest absolute Gasteiger partial charge is 0.253 e. The summed E-state index contributed by atoms with van der Waals surface area (Å²) in [6, 6.07) is 9.75. The van der Waals surface area contributed by atoms with Gasteiger partial charge in [-0.25, -0.2) is 9.97 Å². The zero-order valence-corrected chi connectivity index (χ0v) is 17.5. The van der Waals surface area contributed by atoms with Gasteiger partial charge < -0.3 is 9.80 Å². The van der Waals surface area contributed by atoms with Crippen LogP contribution < -0.4 is 4.90 Å². The average molecular weight is 417 g/mol. The predicted octanol–water partition coefficient (Wildman–Crippen LogP) is 4.65. The largest absolute Gasteiger partial charge is 0.356 e. The number of piperidine rings is 1. The molecule has 0 atom stereocenters. The van der Waals surface area contributed by atoms with Gasteiger partial charge >= 0.3 is 0 Å². The fourth-order valence-electron chi connectivity index (χ4n) is 3.78. The van der Waals surface area contributed by atoms with Gasteiger partial charge in [-0.05, 0) is 49.8 Å². The van der Waals surface area contributed by atoms with Crippen molar-refractivity contribution in [3.8, 4) is 0 Å². The number of carbonyl (C=O) groups excluding carboxylic acids is 1. The number of likely N-dealkylation sites (tertiary alicyclic amines) is 1. The first kappa shape index (κ1) is 19.5. The number of amides is 1. The number of thioether (sulfide) groups is 1. The van der Waals surface area contributed by atoms with E-state index < -0.39 is 0 Å². The van der Waals surface area contributed by atoms with Gasteiger partial charge in [-0.15, -0.1) is 0 Å². The maximum atomic E-state index is 12.7. The van der Waals surface area contributed by atoms with Gasteiger partial charge in [0.15, 0.2) is 5.16 Å². The van der Waals surface area contributed by atoms with Crippen LogP contribution in [0.1, 0.15) is 48.0 Å². The molecule has 2 saturated heterocycles. The van der Waals surface area contributed by atoms with Gasteiger partial charge in [0.05, 0.1) is 0 Å². The Balaban J connectivity index is 1.43. The highest BCUT2D eigenvalue weighted by molar-refractivity contribution is 7.98. The molecular weight excluding hydrogens is 392 g/mol. The van der Waals surface area contributed by atoms with Crippen LogP contribution in [0.5, 0.6) is 0 Å². The molecule has 4 rings (SSSR count). The Labute approximate surface area is 175 Å². The van der Waals surface area contributed by atoms with E-state index in [4.69, 9.17) is 11.6 Å². The Kier molecular flexibility index (Phi) is 6.37. The first-order chi connectivity index (χ1) is 13.7. The third-order valence-electron chi connectivity index (χ3n) is 5.28. The SMILES string of the molecule is O=C(c1cccc(CSc2nc(Cl)cc(N3CCCC3)n2)c1)N1CCCCC1. The lowest BCUT2D eigenvalue weighted by molar-refractivity contribution is 0.0724. The monoisotopic (exact) mass is 416 g/mol. The Morgan fingerprint density at radius 2 is 1.75 bits per heavy atom. The van der Waals surface area contributed by atoms with Crippen molar-refractivity contribution in [2.45, 2.75) is 43.0 Å². The molecule has 0 N–H and O–H groups in total. The number of anilines is 1. The van der Waals surface area contributed by atoms with Crippen molar-refractivity contribution >= 4 is 35.1 Å². The summed E-state index contributed by atoms with van der Waals surface area (Å²) >= 11 is 7.78. The molecule has 0 saturated carbocycles. The van der Waals surface area contributed by atoms with Gasteiger partial charge in [0.25, 0.3) is 5.91 Å². The highest BCUT2D eigenvalue weighted by Gasteiger charge is 2.19. The van der Waals surface area contributed by atoms with Crippen molar-refractivity contribution in [2.75, 3.05) is 31.1 Å². The fourth-order valence-corrected chi connectivity index (χ4v) is 4.80. The number of hydrogen-bond acceptors (Lipinski definition) is 5. The van der Waals surface area contributed by atoms with E-state index in [0.717, 1.165) is 56.0 Å². The van der Waals surface area contributed by atoms with Crippen LogP contribution in [0, 0.1) is 0 Å². The standard InChI is InChI=1S/C21H25ClN4OS/c22-18-14-19(25-9-4-5-10-25)24-21(23-18)28-15-16-7-6-8-17(13-16)20(27)26-11-2-1-3-12-26/h6-8,13-14H,1-5,9-12,15H2. The van der Waals surface area contributed by atoms with Crippen molar-refractivity contribution in [3.63, 3.8) is 0 Å². The Bertz CT molecular complexity index is 835. The number of aromatic nitrogens is 2. The van der Waals surface area contributed by atoms with Crippen LogP contribution in [0.2, 0.25) is 5.15 Å². The van der Waals surface area contributed by atoms with Gasteiger partial charge in [0.1, 0.15) is 11.0 Å². The Morgan fingerprint density at radius 1 is 1.00 bits per heavy atom. The molecule has 0 aliphatic carbocycles. The van der Waals surface area contributed by atoms with Gasteiger partial charge in [0.2, 0.25) is 0 Å². The molecule has 1 aromatic carbocycles. The third-order valence-corrected chi connectivity index (χ3v) is 6.39.